The number of carbonyl (C=O) groups is 2. The summed E-state index contributed by atoms with van der Waals surface area (Å²) in [7, 11) is 0. The molecule has 0 heterocycles. The van der Waals surface area contributed by atoms with Crippen LogP contribution in [-0.4, -0.2) is 34.4 Å². The Kier molecular flexibility index (Phi) is 6.95. The molecule has 12 heteroatoms. The van der Waals surface area contributed by atoms with E-state index in [1.165, 1.54) is 60.7 Å². The van der Waals surface area contributed by atoms with E-state index < -0.39 is 34.4 Å². The van der Waals surface area contributed by atoms with Crippen LogP contribution in [0.5, 0.6) is 11.5 Å². The van der Waals surface area contributed by atoms with Crippen LogP contribution >= 0.6 is 0 Å². The van der Waals surface area contributed by atoms with Crippen LogP contribution in [0, 0.1) is 20.2 Å². The third-order valence-corrected chi connectivity index (χ3v) is 4.27. The molecule has 0 unspecified atom stereocenters. The lowest BCUT2D eigenvalue weighted by atomic mass is 10.0. The first-order chi connectivity index (χ1) is 15.3. The second-order valence-corrected chi connectivity index (χ2v) is 6.48. The van der Waals surface area contributed by atoms with E-state index in [0.29, 0.717) is 12.8 Å². The fourth-order valence-corrected chi connectivity index (χ4v) is 2.72. The molecule has 32 heavy (non-hydrogen) atoms. The molecule has 0 amide bonds. The van der Waals surface area contributed by atoms with Crippen LogP contribution in [0.1, 0.15) is 12.8 Å². The van der Waals surface area contributed by atoms with E-state index in [1.54, 1.807) is 0 Å². The Morgan fingerprint density at radius 1 is 0.688 bits per heavy atom. The van der Waals surface area contributed by atoms with Gasteiger partial charge in [0, 0.05) is 24.3 Å². The molecule has 2 aromatic carbocycles. The lowest BCUT2D eigenvalue weighted by molar-refractivity contribution is -0.385. The molecule has 1 aliphatic rings. The number of ether oxygens (including phenoxy) is 4. The largest absolute Gasteiger partial charge is 0.514 e. The number of nitro groups is 2. The minimum Gasteiger partial charge on any atom is -0.426 e. The van der Waals surface area contributed by atoms with Crippen LogP contribution in [0.3, 0.4) is 0 Å². The molecule has 12 nitrogen and oxygen atoms in total. The van der Waals surface area contributed by atoms with E-state index in [9.17, 15) is 29.8 Å². The average molecular weight is 444 g/mol. The Bertz CT molecular complexity index is 950. The zero-order chi connectivity index (χ0) is 23.1. The molecule has 0 saturated carbocycles. The van der Waals surface area contributed by atoms with Crippen molar-refractivity contribution in [2.45, 2.75) is 25.0 Å². The highest BCUT2D eigenvalue weighted by atomic mass is 16.7. The minimum absolute atomic E-state index is 0.0931. The highest BCUT2D eigenvalue weighted by Crippen LogP contribution is 2.22. The van der Waals surface area contributed by atoms with Crippen molar-refractivity contribution in [1.29, 1.82) is 0 Å². The fraction of sp³-hybridized carbons (Fsp3) is 0.200. The normalized spacial score (nSPS) is 17.1. The number of hydrogen-bond acceptors (Lipinski definition) is 10. The first kappa shape index (κ1) is 22.2. The molecule has 0 fully saturated rings. The van der Waals surface area contributed by atoms with Crippen molar-refractivity contribution in [3.05, 3.63) is 80.9 Å². The van der Waals surface area contributed by atoms with Crippen molar-refractivity contribution < 1.29 is 38.4 Å². The predicted molar refractivity (Wildman–Crippen MR) is 106 cm³/mol. The average Bonchev–Trinajstić information content (AvgIpc) is 2.76. The summed E-state index contributed by atoms with van der Waals surface area (Å²) >= 11 is 0. The molecule has 166 valence electrons. The van der Waals surface area contributed by atoms with Crippen molar-refractivity contribution in [3.8, 4) is 11.5 Å². The van der Waals surface area contributed by atoms with Gasteiger partial charge in [0.15, 0.2) is 0 Å². The summed E-state index contributed by atoms with van der Waals surface area (Å²) in [5.41, 5.74) is -0.279. The maximum atomic E-state index is 11.9. The van der Waals surface area contributed by atoms with Crippen LogP contribution in [0.4, 0.5) is 21.0 Å². The molecule has 0 aromatic heterocycles. The Morgan fingerprint density at radius 2 is 1.03 bits per heavy atom. The van der Waals surface area contributed by atoms with Crippen LogP contribution in [-0.2, 0) is 9.47 Å². The first-order valence-electron chi connectivity index (χ1n) is 9.24. The van der Waals surface area contributed by atoms with Crippen molar-refractivity contribution in [2.24, 2.45) is 0 Å². The van der Waals surface area contributed by atoms with E-state index in [-0.39, 0.29) is 22.9 Å². The summed E-state index contributed by atoms with van der Waals surface area (Å²) < 4.78 is 20.2. The van der Waals surface area contributed by atoms with E-state index in [4.69, 9.17) is 18.9 Å². The van der Waals surface area contributed by atoms with Gasteiger partial charge in [-0.25, -0.2) is 9.59 Å². The van der Waals surface area contributed by atoms with Gasteiger partial charge in [-0.2, -0.15) is 0 Å². The van der Waals surface area contributed by atoms with Gasteiger partial charge in [-0.15, -0.1) is 0 Å². The van der Waals surface area contributed by atoms with Crippen LogP contribution in [0.25, 0.3) is 0 Å². The van der Waals surface area contributed by atoms with Gasteiger partial charge in [-0.1, -0.05) is 0 Å². The molecule has 3 rings (SSSR count). The fourth-order valence-electron chi connectivity index (χ4n) is 2.72. The highest BCUT2D eigenvalue weighted by Gasteiger charge is 2.23. The van der Waals surface area contributed by atoms with Gasteiger partial charge in [-0.05, 0) is 49.3 Å². The number of benzene rings is 2. The molecule has 0 radical (unpaired) electrons. The SMILES string of the molecule is O=C(Oc1ccc([N+](=O)[O-])cc1)O[C@H]1C=C[C@H](OC(=O)Oc2ccc([N+](=O)[O-])cc2)CC1. The molecule has 2 atom stereocenters. The molecular weight excluding hydrogens is 428 g/mol. The summed E-state index contributed by atoms with van der Waals surface area (Å²) in [6.07, 6.45) is 0.588. The molecule has 0 aliphatic heterocycles. The summed E-state index contributed by atoms with van der Waals surface area (Å²) in [6.45, 7) is 0. The molecule has 0 N–H and O–H groups in total. The summed E-state index contributed by atoms with van der Waals surface area (Å²) in [4.78, 5) is 43.8. The number of hydrogen-bond donors (Lipinski definition) is 0. The van der Waals surface area contributed by atoms with Crippen LogP contribution in [0.2, 0.25) is 0 Å². The van der Waals surface area contributed by atoms with E-state index in [1.807, 2.05) is 0 Å². The van der Waals surface area contributed by atoms with Crippen molar-refractivity contribution in [1.82, 2.24) is 0 Å². The van der Waals surface area contributed by atoms with E-state index in [0.717, 1.165) is 0 Å². The zero-order valence-corrected chi connectivity index (χ0v) is 16.3. The summed E-state index contributed by atoms with van der Waals surface area (Å²) in [5, 5.41) is 21.2. The number of non-ortho nitro benzene ring substituents is 2. The van der Waals surface area contributed by atoms with E-state index in [2.05, 4.69) is 0 Å². The number of nitro benzene ring substituents is 2. The lowest BCUT2D eigenvalue weighted by Gasteiger charge is -2.22. The van der Waals surface area contributed by atoms with Gasteiger partial charge in [0.1, 0.15) is 23.7 Å². The smallest absolute Gasteiger partial charge is 0.426 e. The molecule has 0 bridgehead atoms. The van der Waals surface area contributed by atoms with Crippen molar-refractivity contribution in [2.75, 3.05) is 0 Å². The van der Waals surface area contributed by atoms with E-state index >= 15 is 0 Å². The van der Waals surface area contributed by atoms with Crippen molar-refractivity contribution in [3.63, 3.8) is 0 Å². The van der Waals surface area contributed by atoms with Crippen molar-refractivity contribution >= 4 is 23.7 Å². The second-order valence-electron chi connectivity index (χ2n) is 6.48. The molecule has 0 saturated heterocycles. The molecule has 2 aromatic rings. The quantitative estimate of drug-likeness (QED) is 0.206. The minimum atomic E-state index is -0.981. The van der Waals surface area contributed by atoms with Gasteiger partial charge in [0.2, 0.25) is 0 Å². The van der Waals surface area contributed by atoms with Gasteiger partial charge < -0.3 is 18.9 Å². The Hall–Kier alpha value is -4.48. The van der Waals surface area contributed by atoms with Gasteiger partial charge >= 0.3 is 12.3 Å². The molecule has 1 aliphatic carbocycles. The number of rotatable bonds is 6. The molecule has 0 spiro atoms. The lowest BCUT2D eigenvalue weighted by Crippen LogP contribution is -2.27. The van der Waals surface area contributed by atoms with Crippen LogP contribution in [0.15, 0.2) is 60.7 Å². The topological polar surface area (TPSA) is 157 Å². The number of carbonyl (C=O) groups excluding carboxylic acids is 2. The summed E-state index contributed by atoms with van der Waals surface area (Å²) in [5.74, 6) is 0.186. The van der Waals surface area contributed by atoms with Gasteiger partial charge in [0.05, 0.1) is 9.85 Å². The van der Waals surface area contributed by atoms with Gasteiger partial charge in [-0.3, -0.25) is 20.2 Å². The Balaban J connectivity index is 1.43. The monoisotopic (exact) mass is 444 g/mol. The molecular formula is C20H16N2O10. The number of nitrogens with zero attached hydrogens (tertiary/aromatic N) is 2. The maximum absolute atomic E-state index is 11.9. The second kappa shape index (κ2) is 10.0. The highest BCUT2D eigenvalue weighted by molar-refractivity contribution is 5.65. The maximum Gasteiger partial charge on any atom is 0.514 e. The third-order valence-electron chi connectivity index (χ3n) is 4.27. The predicted octanol–water partition coefficient (Wildman–Crippen LogP) is 4.32. The summed E-state index contributed by atoms with van der Waals surface area (Å²) in [6, 6.07) is 9.88. The Labute approximate surface area is 180 Å². The first-order valence-corrected chi connectivity index (χ1v) is 9.24. The third kappa shape index (κ3) is 6.26. The van der Waals surface area contributed by atoms with Gasteiger partial charge in [0.25, 0.3) is 11.4 Å². The zero-order valence-electron chi connectivity index (χ0n) is 16.3. The van der Waals surface area contributed by atoms with Crippen LogP contribution < -0.4 is 9.47 Å². The Morgan fingerprint density at radius 3 is 1.31 bits per heavy atom. The standard InChI is InChI=1S/C20H16N2O10/c23-19(29-15-5-1-13(2-6-15)21(25)26)31-17-9-11-18(12-10-17)32-20(24)30-16-7-3-14(4-8-16)22(27)28/h1-9,11,17-18H,10,12H2/t17-,18-/m0/s1.